The predicted molar refractivity (Wildman–Crippen MR) is 73.2 cm³/mol. The number of hydrogen-bond acceptors (Lipinski definition) is 2. The summed E-state index contributed by atoms with van der Waals surface area (Å²) in [7, 11) is 0. The van der Waals surface area contributed by atoms with Gasteiger partial charge in [-0.2, -0.15) is 17.7 Å². The number of aryl methyl sites for hydroxylation is 1. The molecule has 1 rings (SSSR count). The van der Waals surface area contributed by atoms with Gasteiger partial charge >= 0.3 is 0 Å². The van der Waals surface area contributed by atoms with E-state index in [0.29, 0.717) is 5.92 Å². The molecule has 0 aliphatic heterocycles. The normalized spacial score (nSPS) is 14.2. The van der Waals surface area contributed by atoms with Crippen LogP contribution in [0.25, 0.3) is 0 Å². The molecule has 1 aromatic rings. The van der Waals surface area contributed by atoms with Crippen LogP contribution in [0.3, 0.4) is 0 Å². The van der Waals surface area contributed by atoms with Crippen molar-refractivity contribution in [2.24, 2.45) is 11.3 Å². The lowest BCUT2D eigenvalue weighted by Crippen LogP contribution is -2.27. The van der Waals surface area contributed by atoms with E-state index in [0.717, 1.165) is 18.0 Å². The van der Waals surface area contributed by atoms with E-state index in [9.17, 15) is 0 Å². The first kappa shape index (κ1) is 13.6. The van der Waals surface area contributed by atoms with Crippen LogP contribution in [0.15, 0.2) is 0 Å². The first-order valence-corrected chi connectivity index (χ1v) is 6.52. The van der Waals surface area contributed by atoms with Gasteiger partial charge in [0.2, 0.25) is 0 Å². The number of hydrogen-bond donors (Lipinski definition) is 1. The minimum absolute atomic E-state index is 0.280. The summed E-state index contributed by atoms with van der Waals surface area (Å²) in [5.41, 5.74) is 4.02. The van der Waals surface area contributed by atoms with Gasteiger partial charge in [-0.3, -0.25) is 4.68 Å². The molecule has 1 unspecified atom stereocenters. The summed E-state index contributed by atoms with van der Waals surface area (Å²) >= 11 is 4.47. The molecule has 1 heterocycles. The molecule has 0 saturated heterocycles. The average molecular weight is 240 g/mol. The molecule has 0 saturated carbocycles. The van der Waals surface area contributed by atoms with Crippen molar-refractivity contribution < 1.29 is 0 Å². The topological polar surface area (TPSA) is 17.8 Å². The Labute approximate surface area is 105 Å². The Kier molecular flexibility index (Phi) is 4.11. The molecule has 92 valence electrons. The molecule has 0 aliphatic rings. The third kappa shape index (κ3) is 2.82. The largest absolute Gasteiger partial charge is 0.269 e. The van der Waals surface area contributed by atoms with Gasteiger partial charge in [0.15, 0.2) is 0 Å². The number of nitrogens with zero attached hydrogens (tertiary/aromatic N) is 2. The van der Waals surface area contributed by atoms with Gasteiger partial charge in [0.05, 0.1) is 5.69 Å². The van der Waals surface area contributed by atoms with Crippen molar-refractivity contribution in [2.75, 3.05) is 5.75 Å². The Bertz CT molecular complexity index is 361. The zero-order chi connectivity index (χ0) is 12.5. The van der Waals surface area contributed by atoms with E-state index < -0.39 is 0 Å². The SMILES string of the molecule is Cc1nn(CC(CS)C(C)(C)C)c(C)c1C. The molecular weight excluding hydrogens is 216 g/mol. The Hall–Kier alpha value is -0.440. The van der Waals surface area contributed by atoms with Crippen LogP contribution in [-0.4, -0.2) is 15.5 Å². The van der Waals surface area contributed by atoms with E-state index in [-0.39, 0.29) is 5.41 Å². The maximum Gasteiger partial charge on any atom is 0.0625 e. The summed E-state index contributed by atoms with van der Waals surface area (Å²) in [6, 6.07) is 0. The first-order chi connectivity index (χ1) is 7.27. The van der Waals surface area contributed by atoms with Crippen LogP contribution in [0, 0.1) is 32.1 Å². The van der Waals surface area contributed by atoms with Crippen molar-refractivity contribution in [1.82, 2.24) is 9.78 Å². The zero-order valence-electron chi connectivity index (χ0n) is 11.3. The van der Waals surface area contributed by atoms with Crippen molar-refractivity contribution in [3.63, 3.8) is 0 Å². The summed E-state index contributed by atoms with van der Waals surface area (Å²) < 4.78 is 2.14. The second kappa shape index (κ2) is 4.82. The second-order valence-electron chi connectivity index (χ2n) is 5.72. The van der Waals surface area contributed by atoms with Crippen molar-refractivity contribution >= 4 is 12.6 Å². The number of thiol groups is 1. The van der Waals surface area contributed by atoms with E-state index in [1.54, 1.807) is 0 Å². The monoisotopic (exact) mass is 240 g/mol. The van der Waals surface area contributed by atoms with Gasteiger partial charge in [0.25, 0.3) is 0 Å². The Morgan fingerprint density at radius 2 is 1.81 bits per heavy atom. The van der Waals surface area contributed by atoms with E-state index in [1.165, 1.54) is 11.3 Å². The van der Waals surface area contributed by atoms with Gasteiger partial charge < -0.3 is 0 Å². The molecule has 1 atom stereocenters. The van der Waals surface area contributed by atoms with Crippen molar-refractivity contribution in [1.29, 1.82) is 0 Å². The smallest absolute Gasteiger partial charge is 0.0625 e. The second-order valence-corrected chi connectivity index (χ2v) is 6.09. The third-order valence-corrected chi connectivity index (χ3v) is 4.02. The highest BCUT2D eigenvalue weighted by atomic mass is 32.1. The fourth-order valence-corrected chi connectivity index (χ4v) is 2.44. The average Bonchev–Trinajstić information content (AvgIpc) is 2.40. The highest BCUT2D eigenvalue weighted by Crippen LogP contribution is 2.29. The minimum atomic E-state index is 0.280. The molecule has 0 fully saturated rings. The lowest BCUT2D eigenvalue weighted by Gasteiger charge is -2.29. The summed E-state index contributed by atoms with van der Waals surface area (Å²) in [6.45, 7) is 14.1. The van der Waals surface area contributed by atoms with Gasteiger partial charge in [0.1, 0.15) is 0 Å². The number of aromatic nitrogens is 2. The molecule has 0 amide bonds. The summed E-state index contributed by atoms with van der Waals surface area (Å²) in [5, 5.41) is 4.59. The van der Waals surface area contributed by atoms with Crippen LogP contribution in [-0.2, 0) is 6.54 Å². The molecule has 3 heteroatoms. The molecule has 0 aliphatic carbocycles. The molecule has 0 spiro atoms. The number of rotatable bonds is 3. The first-order valence-electron chi connectivity index (χ1n) is 5.88. The van der Waals surface area contributed by atoms with Crippen LogP contribution in [0.1, 0.15) is 37.7 Å². The predicted octanol–water partition coefficient (Wildman–Crippen LogP) is 3.40. The molecule has 1 aromatic heterocycles. The molecule has 2 nitrogen and oxygen atoms in total. The van der Waals surface area contributed by atoms with Crippen LogP contribution in [0.4, 0.5) is 0 Å². The molecular formula is C13H24N2S. The quantitative estimate of drug-likeness (QED) is 0.802. The van der Waals surface area contributed by atoms with Gasteiger partial charge in [-0.1, -0.05) is 20.8 Å². The fraction of sp³-hybridized carbons (Fsp3) is 0.769. The van der Waals surface area contributed by atoms with Crippen LogP contribution >= 0.6 is 12.6 Å². The van der Waals surface area contributed by atoms with Gasteiger partial charge in [-0.15, -0.1) is 0 Å². The Balaban J connectivity index is 2.91. The molecule has 0 bridgehead atoms. The van der Waals surface area contributed by atoms with Crippen LogP contribution < -0.4 is 0 Å². The lowest BCUT2D eigenvalue weighted by atomic mass is 9.82. The molecule has 0 radical (unpaired) electrons. The van der Waals surface area contributed by atoms with E-state index >= 15 is 0 Å². The Morgan fingerprint density at radius 1 is 1.25 bits per heavy atom. The van der Waals surface area contributed by atoms with Gasteiger partial charge in [0, 0.05) is 12.2 Å². The minimum Gasteiger partial charge on any atom is -0.269 e. The van der Waals surface area contributed by atoms with E-state index in [2.05, 4.69) is 64.0 Å². The van der Waals surface area contributed by atoms with Crippen LogP contribution in [0.5, 0.6) is 0 Å². The van der Waals surface area contributed by atoms with Crippen molar-refractivity contribution in [2.45, 2.75) is 48.1 Å². The third-order valence-electron chi connectivity index (χ3n) is 3.58. The zero-order valence-corrected chi connectivity index (χ0v) is 12.2. The fourth-order valence-electron chi connectivity index (χ4n) is 1.78. The Morgan fingerprint density at radius 3 is 2.12 bits per heavy atom. The van der Waals surface area contributed by atoms with Gasteiger partial charge in [-0.25, -0.2) is 0 Å². The van der Waals surface area contributed by atoms with Crippen molar-refractivity contribution in [3.05, 3.63) is 17.0 Å². The molecule has 16 heavy (non-hydrogen) atoms. The highest BCUT2D eigenvalue weighted by Gasteiger charge is 2.24. The maximum absolute atomic E-state index is 4.59. The summed E-state index contributed by atoms with van der Waals surface area (Å²) in [4.78, 5) is 0. The standard InChI is InChI=1S/C13H24N2S/c1-9-10(2)14-15(11(9)3)7-12(8-16)13(4,5)6/h12,16H,7-8H2,1-6H3. The summed E-state index contributed by atoms with van der Waals surface area (Å²) in [6.07, 6.45) is 0. The highest BCUT2D eigenvalue weighted by molar-refractivity contribution is 7.80. The molecule has 0 N–H and O–H groups in total. The van der Waals surface area contributed by atoms with E-state index in [4.69, 9.17) is 0 Å². The van der Waals surface area contributed by atoms with Crippen molar-refractivity contribution in [3.8, 4) is 0 Å². The van der Waals surface area contributed by atoms with Crippen LogP contribution in [0.2, 0.25) is 0 Å². The lowest BCUT2D eigenvalue weighted by molar-refractivity contribution is 0.229. The summed E-state index contributed by atoms with van der Waals surface area (Å²) in [5.74, 6) is 1.45. The van der Waals surface area contributed by atoms with E-state index in [1.807, 2.05) is 0 Å². The maximum atomic E-state index is 4.59. The van der Waals surface area contributed by atoms with Gasteiger partial charge in [-0.05, 0) is 43.4 Å². The molecule has 0 aromatic carbocycles.